The number of pyridine rings is 1. The van der Waals surface area contributed by atoms with Crippen LogP contribution in [-0.2, 0) is 21.4 Å². The van der Waals surface area contributed by atoms with E-state index in [0.717, 1.165) is 81.6 Å². The fourth-order valence-electron chi connectivity index (χ4n) is 12.6. The summed E-state index contributed by atoms with van der Waals surface area (Å²) in [5.74, 6) is -1.64. The maximum absolute atomic E-state index is 14.3. The second-order valence-electron chi connectivity index (χ2n) is 21.3. The zero-order chi connectivity index (χ0) is 52.7. The predicted molar refractivity (Wildman–Crippen MR) is 284 cm³/mol. The summed E-state index contributed by atoms with van der Waals surface area (Å²) in [4.78, 5) is 108. The van der Waals surface area contributed by atoms with Crippen LogP contribution in [0, 0.1) is 5.92 Å². The van der Waals surface area contributed by atoms with E-state index in [-0.39, 0.29) is 48.1 Å². The van der Waals surface area contributed by atoms with Crippen LogP contribution in [0.2, 0.25) is 0 Å². The van der Waals surface area contributed by atoms with Crippen molar-refractivity contribution in [2.75, 3.05) is 57.8 Å². The standard InChI is InChI=1S/C56H60N12O8/c1-31(2)68-40-15-12-35(26-36(40)28-58-68)45-47-49-43(62(3)56(75)66(49)38-14-13-37(27-38)59-55(74)76-4)29-57-50(47)61-48(45)33-8-10-34(11-9-33)52(71)65-24-22-63(23-25-65)30-32-18-20-64(21-19-32)41-7-5-6-39-46(41)54(73)67(53(39)72)42-16-17-44(69)60-51(42)70/h5-12,15,26,28-29,31-32,37-38,42H,13-14,16-25,27,30H2,1-4H3,(H,57,61)(H,59,74)(H,60,69,70)/t37-,38-,42?/m1/s1. The number of nitrogens with one attached hydrogen (secondary N) is 3. The first-order chi connectivity index (χ1) is 36.8. The number of H-pyrrole nitrogens is 1. The number of aromatic amines is 1. The Bertz CT molecular complexity index is 3590. The van der Waals surface area contributed by atoms with Crippen molar-refractivity contribution in [2.24, 2.45) is 13.0 Å². The van der Waals surface area contributed by atoms with Crippen LogP contribution in [0.5, 0.6) is 0 Å². The zero-order valence-electron chi connectivity index (χ0n) is 43.0. The van der Waals surface area contributed by atoms with Gasteiger partial charge in [0.25, 0.3) is 17.7 Å². The minimum atomic E-state index is -1.01. The molecule has 0 spiro atoms. The molecule has 20 nitrogen and oxygen atoms in total. The third-order valence-corrected chi connectivity index (χ3v) is 16.5. The number of carbonyl (C=O) groups is 6. The number of ether oxygens (including phenoxy) is 1. The number of fused-ring (bicyclic) bond motifs is 5. The van der Waals surface area contributed by atoms with Crippen molar-refractivity contribution >= 4 is 74.3 Å². The molecular weight excluding hydrogens is 969 g/mol. The Hall–Kier alpha value is -8.13. The molecular formula is C56H60N12O8. The van der Waals surface area contributed by atoms with E-state index in [2.05, 4.69) is 57.5 Å². The van der Waals surface area contributed by atoms with Gasteiger partial charge < -0.3 is 24.8 Å². The maximum Gasteiger partial charge on any atom is 0.407 e. The molecule has 3 saturated heterocycles. The second kappa shape index (κ2) is 19.2. The number of imidazole rings is 1. The number of anilines is 1. The number of piperazine rings is 1. The first-order valence-corrected chi connectivity index (χ1v) is 26.4. The molecule has 7 aromatic rings. The summed E-state index contributed by atoms with van der Waals surface area (Å²) in [5, 5.41) is 11.7. The van der Waals surface area contributed by atoms with Crippen molar-refractivity contribution in [3.05, 3.63) is 100 Å². The van der Waals surface area contributed by atoms with Crippen molar-refractivity contribution < 1.29 is 33.5 Å². The number of rotatable bonds is 10. The number of carbonyl (C=O) groups excluding carboxylic acids is 6. The van der Waals surface area contributed by atoms with E-state index in [1.165, 1.54) is 7.11 Å². The molecule has 3 N–H and O–H groups in total. The van der Waals surface area contributed by atoms with Crippen LogP contribution in [-0.4, -0.2) is 144 Å². The van der Waals surface area contributed by atoms with Gasteiger partial charge in [-0.25, -0.2) is 14.6 Å². The molecule has 1 unspecified atom stereocenters. The number of alkyl carbamates (subject to hydrolysis) is 1. The Morgan fingerprint density at radius 2 is 1.59 bits per heavy atom. The molecule has 1 saturated carbocycles. The first kappa shape index (κ1) is 48.8. The zero-order valence-corrected chi connectivity index (χ0v) is 43.0. The normalized spacial score (nSPS) is 20.7. The predicted octanol–water partition coefficient (Wildman–Crippen LogP) is 6.01. The Morgan fingerprint density at radius 1 is 0.829 bits per heavy atom. The van der Waals surface area contributed by atoms with Crippen molar-refractivity contribution in [3.8, 4) is 22.4 Å². The van der Waals surface area contributed by atoms with Crippen LogP contribution < -0.4 is 21.2 Å². The highest BCUT2D eigenvalue weighted by Gasteiger charge is 2.46. The molecule has 12 rings (SSSR count). The van der Waals surface area contributed by atoms with E-state index in [0.29, 0.717) is 79.3 Å². The molecule has 6 amide bonds. The molecule has 4 fully saturated rings. The highest BCUT2D eigenvalue weighted by atomic mass is 16.5. The molecule has 4 aromatic heterocycles. The van der Waals surface area contributed by atoms with Gasteiger partial charge in [0.05, 0.1) is 63.9 Å². The smallest absolute Gasteiger partial charge is 0.407 e. The summed E-state index contributed by atoms with van der Waals surface area (Å²) in [6.45, 7) is 9.20. The molecule has 8 heterocycles. The van der Waals surface area contributed by atoms with E-state index in [4.69, 9.17) is 14.8 Å². The van der Waals surface area contributed by atoms with E-state index >= 15 is 0 Å². The molecule has 392 valence electrons. The summed E-state index contributed by atoms with van der Waals surface area (Å²) in [7, 11) is 3.12. The molecule has 20 heteroatoms. The summed E-state index contributed by atoms with van der Waals surface area (Å²) >= 11 is 0. The molecule has 0 radical (unpaired) electrons. The van der Waals surface area contributed by atoms with Gasteiger partial charge in [0.2, 0.25) is 11.8 Å². The number of methoxy groups -OCH3 is 1. The highest BCUT2D eigenvalue weighted by molar-refractivity contribution is 6.25. The SMILES string of the molecule is COC(=O)N[C@@H]1CC[C@@H](n2c(=O)n(C)c3cnc4[nH]c(-c5ccc(C(=O)N6CCN(CC7CCN(c8cccc9c8C(=O)N(C8CCC(=O)NC8=O)C9=O)CC7)CC6)cc5)c(-c5ccc6c(cnn6C(C)C)c5)c4c32)C1. The Labute approximate surface area is 436 Å². The monoisotopic (exact) mass is 1030 g/mol. The van der Waals surface area contributed by atoms with Crippen LogP contribution in [0.15, 0.2) is 77.9 Å². The van der Waals surface area contributed by atoms with Crippen LogP contribution in [0.4, 0.5) is 10.5 Å². The summed E-state index contributed by atoms with van der Waals surface area (Å²) in [5.41, 5.74) is 8.28. The first-order valence-electron chi connectivity index (χ1n) is 26.4. The van der Waals surface area contributed by atoms with Gasteiger partial charge in [0, 0.05) is 93.9 Å². The number of amides is 6. The third kappa shape index (κ3) is 8.29. The lowest BCUT2D eigenvalue weighted by Crippen LogP contribution is -2.54. The number of piperidine rings is 2. The quantitative estimate of drug-likeness (QED) is 0.134. The molecule has 3 aromatic carbocycles. The summed E-state index contributed by atoms with van der Waals surface area (Å²) < 4.78 is 10.4. The molecule has 1 aliphatic carbocycles. The van der Waals surface area contributed by atoms with E-state index in [1.807, 2.05) is 50.7 Å². The van der Waals surface area contributed by atoms with Crippen molar-refractivity contribution in [2.45, 2.75) is 83.0 Å². The molecule has 76 heavy (non-hydrogen) atoms. The number of hydrogen-bond donors (Lipinski definition) is 3. The molecule has 4 aliphatic heterocycles. The van der Waals surface area contributed by atoms with Gasteiger partial charge in [0.15, 0.2) is 0 Å². The minimum absolute atomic E-state index is 0.0307. The van der Waals surface area contributed by atoms with Gasteiger partial charge in [-0.15, -0.1) is 0 Å². The minimum Gasteiger partial charge on any atom is -0.453 e. The van der Waals surface area contributed by atoms with Crippen molar-refractivity contribution in [1.29, 1.82) is 0 Å². The number of nitrogens with zero attached hydrogens (tertiary/aromatic N) is 9. The lowest BCUT2D eigenvalue weighted by molar-refractivity contribution is -0.136. The average Bonchev–Trinajstić information content (AvgIpc) is 4.44. The largest absolute Gasteiger partial charge is 0.453 e. The van der Waals surface area contributed by atoms with E-state index in [1.54, 1.807) is 29.9 Å². The van der Waals surface area contributed by atoms with E-state index in [9.17, 15) is 33.6 Å². The molecule has 0 bridgehead atoms. The lowest BCUT2D eigenvalue weighted by atomic mass is 9.94. The van der Waals surface area contributed by atoms with Gasteiger partial charge in [-0.2, -0.15) is 5.10 Å². The van der Waals surface area contributed by atoms with Gasteiger partial charge in [0.1, 0.15) is 11.7 Å². The van der Waals surface area contributed by atoms with Crippen molar-refractivity contribution in [1.82, 2.24) is 54.2 Å². The third-order valence-electron chi connectivity index (χ3n) is 16.5. The Morgan fingerprint density at radius 3 is 2.33 bits per heavy atom. The number of aryl methyl sites for hydroxylation is 1. The van der Waals surface area contributed by atoms with Gasteiger partial charge in [-0.05, 0) is 106 Å². The topological polar surface area (TPSA) is 222 Å². The van der Waals surface area contributed by atoms with Gasteiger partial charge >= 0.3 is 11.8 Å². The number of hydrogen-bond acceptors (Lipinski definition) is 12. The highest BCUT2D eigenvalue weighted by Crippen LogP contribution is 2.44. The fraction of sp³-hybridized carbons (Fsp3) is 0.411. The number of aromatic nitrogens is 6. The van der Waals surface area contributed by atoms with Gasteiger partial charge in [-0.1, -0.05) is 24.3 Å². The van der Waals surface area contributed by atoms with Gasteiger partial charge in [-0.3, -0.25) is 52.9 Å². The second-order valence-corrected chi connectivity index (χ2v) is 21.3. The lowest BCUT2D eigenvalue weighted by Gasteiger charge is -2.39. The average molecular weight is 1030 g/mol. The van der Waals surface area contributed by atoms with Crippen LogP contribution >= 0.6 is 0 Å². The Balaban J connectivity index is 0.749. The number of benzene rings is 3. The maximum atomic E-state index is 14.3. The summed E-state index contributed by atoms with van der Waals surface area (Å²) in [6, 6.07) is 18.1. The van der Waals surface area contributed by atoms with Crippen molar-refractivity contribution in [3.63, 3.8) is 0 Å². The molecule has 3 atom stereocenters. The van der Waals surface area contributed by atoms with E-state index < -0.39 is 35.8 Å². The Kier molecular flexibility index (Phi) is 12.3. The molecule has 5 aliphatic rings. The summed E-state index contributed by atoms with van der Waals surface area (Å²) in [6.07, 6.45) is 7.07. The number of imide groups is 2. The van der Waals surface area contributed by atoms with Crippen LogP contribution in [0.1, 0.15) is 102 Å². The van der Waals surface area contributed by atoms with Crippen LogP contribution in [0.25, 0.3) is 55.4 Å². The van der Waals surface area contributed by atoms with Crippen LogP contribution in [0.3, 0.4) is 0 Å². The fourth-order valence-corrected chi connectivity index (χ4v) is 12.6.